The van der Waals surface area contributed by atoms with Crippen LogP contribution in [-0.4, -0.2) is 53.8 Å². The minimum Gasteiger partial charge on any atom is -0.480 e. The van der Waals surface area contributed by atoms with E-state index in [1.54, 1.807) is 13.8 Å². The highest BCUT2D eigenvalue weighted by molar-refractivity contribution is 5.80. The van der Waals surface area contributed by atoms with E-state index in [-0.39, 0.29) is 19.8 Å². The van der Waals surface area contributed by atoms with E-state index in [2.05, 4.69) is 6.58 Å². The molecule has 0 rings (SSSR count). The Morgan fingerprint density at radius 2 is 1.90 bits per heavy atom. The van der Waals surface area contributed by atoms with Crippen LogP contribution in [0, 0.1) is 5.92 Å². The average Bonchev–Trinajstić information content (AvgIpc) is 2.45. The maximum atomic E-state index is 11.9. The molecule has 2 atom stereocenters. The average molecular weight is 301 g/mol. The molecule has 0 fully saturated rings. The van der Waals surface area contributed by atoms with E-state index in [1.807, 2.05) is 0 Å². The van der Waals surface area contributed by atoms with Crippen molar-refractivity contribution < 1.29 is 29.0 Å². The Hall–Kier alpha value is -2.05. The van der Waals surface area contributed by atoms with Crippen molar-refractivity contribution in [2.45, 2.75) is 33.2 Å². The second-order valence-corrected chi connectivity index (χ2v) is 4.39. The number of hydrogen-bond donors (Lipinski definition) is 1. The predicted molar refractivity (Wildman–Crippen MR) is 75.8 cm³/mol. The lowest BCUT2D eigenvalue weighted by atomic mass is 10.1. The molecule has 7 heteroatoms. The van der Waals surface area contributed by atoms with Crippen molar-refractivity contribution in [3.8, 4) is 0 Å². The van der Waals surface area contributed by atoms with Gasteiger partial charge in [-0.1, -0.05) is 19.6 Å². The van der Waals surface area contributed by atoms with Crippen molar-refractivity contribution in [1.29, 1.82) is 0 Å². The largest absolute Gasteiger partial charge is 0.480 e. The molecule has 0 heterocycles. The number of esters is 1. The molecule has 0 aliphatic rings. The van der Waals surface area contributed by atoms with Gasteiger partial charge < -0.3 is 14.6 Å². The molecule has 0 aromatic rings. The fourth-order valence-corrected chi connectivity index (χ4v) is 1.61. The van der Waals surface area contributed by atoms with Crippen LogP contribution in [0.4, 0.5) is 4.79 Å². The van der Waals surface area contributed by atoms with Gasteiger partial charge in [0.05, 0.1) is 12.5 Å². The third-order valence-corrected chi connectivity index (χ3v) is 2.91. The van der Waals surface area contributed by atoms with Crippen LogP contribution in [0.25, 0.3) is 0 Å². The number of hydrogen-bond acceptors (Lipinski definition) is 5. The summed E-state index contributed by atoms with van der Waals surface area (Å²) in [5, 5.41) is 9.07. The quantitative estimate of drug-likeness (QED) is 0.514. The Morgan fingerprint density at radius 3 is 2.33 bits per heavy atom. The Bertz CT molecular complexity index is 382. The molecular weight excluding hydrogens is 278 g/mol. The fraction of sp³-hybridized carbons (Fsp3) is 0.643. The van der Waals surface area contributed by atoms with Gasteiger partial charge in [-0.15, -0.1) is 0 Å². The molecule has 1 unspecified atom stereocenters. The van der Waals surface area contributed by atoms with E-state index in [9.17, 15) is 14.4 Å². The third kappa shape index (κ3) is 6.29. The number of carbonyl (C=O) groups is 3. The summed E-state index contributed by atoms with van der Waals surface area (Å²) >= 11 is 0. The molecule has 7 nitrogen and oxygen atoms in total. The summed E-state index contributed by atoms with van der Waals surface area (Å²) in [5.74, 6) is -2.23. The molecule has 0 radical (unpaired) electrons. The van der Waals surface area contributed by atoms with Crippen LogP contribution >= 0.6 is 0 Å². The molecule has 1 amide bonds. The second kappa shape index (κ2) is 9.79. The number of carboxylic acids is 1. The number of rotatable bonds is 9. The van der Waals surface area contributed by atoms with E-state index in [0.29, 0.717) is 6.42 Å². The number of aliphatic carboxylic acids is 1. The maximum absolute atomic E-state index is 11.9. The number of carboxylic acid groups (broad SMARTS) is 1. The van der Waals surface area contributed by atoms with Crippen molar-refractivity contribution in [2.75, 3.05) is 19.8 Å². The molecule has 0 spiro atoms. The van der Waals surface area contributed by atoms with E-state index < -0.39 is 30.0 Å². The second-order valence-electron chi connectivity index (χ2n) is 4.39. The van der Waals surface area contributed by atoms with Gasteiger partial charge in [0.2, 0.25) is 0 Å². The highest BCUT2D eigenvalue weighted by Crippen LogP contribution is 2.13. The predicted octanol–water partition coefficient (Wildman–Crippen LogP) is 1.67. The van der Waals surface area contributed by atoms with E-state index in [4.69, 9.17) is 14.6 Å². The van der Waals surface area contributed by atoms with Crippen LogP contribution in [0.1, 0.15) is 27.2 Å². The molecule has 0 aromatic heterocycles. The smallest absolute Gasteiger partial charge is 0.410 e. The topological polar surface area (TPSA) is 93.1 Å². The lowest BCUT2D eigenvalue weighted by Gasteiger charge is -2.28. The summed E-state index contributed by atoms with van der Waals surface area (Å²) in [6, 6.07) is -1.11. The normalized spacial score (nSPS) is 12.9. The van der Waals surface area contributed by atoms with Crippen molar-refractivity contribution in [2.24, 2.45) is 5.92 Å². The number of amides is 1. The van der Waals surface area contributed by atoms with Crippen molar-refractivity contribution in [3.63, 3.8) is 0 Å². The molecule has 120 valence electrons. The van der Waals surface area contributed by atoms with Gasteiger partial charge in [0.25, 0.3) is 0 Å². The molecule has 0 saturated heterocycles. The van der Waals surface area contributed by atoms with Crippen molar-refractivity contribution >= 4 is 18.0 Å². The van der Waals surface area contributed by atoms with Crippen LogP contribution in [0.3, 0.4) is 0 Å². The van der Waals surface area contributed by atoms with Gasteiger partial charge in [0.1, 0.15) is 12.6 Å². The first-order chi connectivity index (χ1) is 9.88. The molecule has 0 aliphatic carbocycles. The lowest BCUT2D eigenvalue weighted by molar-refractivity contribution is -0.150. The Balaban J connectivity index is 5.02. The van der Waals surface area contributed by atoms with Crippen LogP contribution in [0.15, 0.2) is 12.7 Å². The highest BCUT2D eigenvalue weighted by atomic mass is 16.6. The van der Waals surface area contributed by atoms with Gasteiger partial charge >= 0.3 is 18.0 Å². The first-order valence-electron chi connectivity index (χ1n) is 6.82. The minimum atomic E-state index is -1.18. The number of nitrogens with zero attached hydrogens (tertiary/aromatic N) is 1. The van der Waals surface area contributed by atoms with Crippen molar-refractivity contribution in [3.05, 3.63) is 12.7 Å². The van der Waals surface area contributed by atoms with E-state index in [0.717, 1.165) is 4.90 Å². The highest BCUT2D eigenvalue weighted by Gasteiger charge is 2.31. The Labute approximate surface area is 124 Å². The number of carbonyl (C=O) groups excluding carboxylic acids is 2. The zero-order valence-electron chi connectivity index (χ0n) is 12.7. The fourth-order valence-electron chi connectivity index (χ4n) is 1.61. The van der Waals surface area contributed by atoms with Gasteiger partial charge in [-0.3, -0.25) is 9.69 Å². The monoisotopic (exact) mass is 301 g/mol. The zero-order valence-corrected chi connectivity index (χ0v) is 12.7. The third-order valence-electron chi connectivity index (χ3n) is 2.91. The first-order valence-corrected chi connectivity index (χ1v) is 6.82. The first kappa shape index (κ1) is 18.9. The Kier molecular flexibility index (Phi) is 8.84. The summed E-state index contributed by atoms with van der Waals surface area (Å²) in [4.78, 5) is 35.8. The van der Waals surface area contributed by atoms with Crippen LogP contribution in [0.5, 0.6) is 0 Å². The Morgan fingerprint density at radius 1 is 1.29 bits per heavy atom. The van der Waals surface area contributed by atoms with Gasteiger partial charge in [-0.2, -0.15) is 0 Å². The van der Waals surface area contributed by atoms with Gasteiger partial charge in [-0.05, 0) is 20.3 Å². The molecular formula is C14H23NO6. The molecule has 21 heavy (non-hydrogen) atoms. The lowest BCUT2D eigenvalue weighted by Crippen LogP contribution is -2.47. The van der Waals surface area contributed by atoms with E-state index >= 15 is 0 Å². The van der Waals surface area contributed by atoms with Crippen LogP contribution < -0.4 is 0 Å². The van der Waals surface area contributed by atoms with Gasteiger partial charge in [0.15, 0.2) is 0 Å². The summed E-state index contributed by atoms with van der Waals surface area (Å²) < 4.78 is 9.78. The minimum absolute atomic E-state index is 0.0299. The molecule has 1 N–H and O–H groups in total. The standard InChI is InChI=1S/C14H23NO6/c1-5-8-21-14(19)15(10(4)12(16)17)9-11(6-2)13(18)20-7-3/h5,10-11H,1,6-9H2,2-4H3,(H,16,17)/t10-,11?/m0/s1. The van der Waals surface area contributed by atoms with E-state index in [1.165, 1.54) is 13.0 Å². The maximum Gasteiger partial charge on any atom is 0.410 e. The molecule has 0 aromatic carbocycles. The number of ether oxygens (including phenoxy) is 2. The summed E-state index contributed by atoms with van der Waals surface area (Å²) in [7, 11) is 0. The summed E-state index contributed by atoms with van der Waals surface area (Å²) in [6.45, 7) is 8.34. The SMILES string of the molecule is C=CCOC(=O)N(CC(CC)C(=O)OCC)[C@@H](C)C(=O)O. The van der Waals surface area contributed by atoms with Gasteiger partial charge in [-0.25, -0.2) is 9.59 Å². The van der Waals surface area contributed by atoms with Crippen LogP contribution in [0.2, 0.25) is 0 Å². The molecule has 0 aliphatic heterocycles. The van der Waals surface area contributed by atoms with Gasteiger partial charge in [0, 0.05) is 6.54 Å². The molecule has 0 bridgehead atoms. The summed E-state index contributed by atoms with van der Waals surface area (Å²) in [5.41, 5.74) is 0. The molecule has 0 saturated carbocycles. The summed E-state index contributed by atoms with van der Waals surface area (Å²) in [6.07, 6.45) is 1.01. The van der Waals surface area contributed by atoms with Crippen LogP contribution in [-0.2, 0) is 19.1 Å². The van der Waals surface area contributed by atoms with Crippen molar-refractivity contribution in [1.82, 2.24) is 4.90 Å². The zero-order chi connectivity index (χ0) is 16.4.